The van der Waals surface area contributed by atoms with Gasteiger partial charge < -0.3 is 25.0 Å². The number of rotatable bonds is 14. The number of aliphatic hydroxyl groups is 1. The van der Waals surface area contributed by atoms with Gasteiger partial charge in [-0.3, -0.25) is 4.79 Å². The van der Waals surface area contributed by atoms with Gasteiger partial charge in [0.05, 0.1) is 18.1 Å². The number of amides is 1. The number of nitrogens with zero attached hydrogens (tertiary/aromatic N) is 2. The van der Waals surface area contributed by atoms with Gasteiger partial charge in [0.25, 0.3) is 0 Å². The van der Waals surface area contributed by atoms with Gasteiger partial charge >= 0.3 is 29.1 Å². The second-order valence-corrected chi connectivity index (χ2v) is 12.2. The Morgan fingerprint density at radius 2 is 1.52 bits per heavy atom. The van der Waals surface area contributed by atoms with E-state index in [4.69, 9.17) is 14.6 Å². The number of ether oxygens (including phenoxy) is 2. The molecule has 1 heterocycles. The quantitative estimate of drug-likeness (QED) is 0.131. The second-order valence-electron chi connectivity index (χ2n) is 10.2. The molecule has 3 aromatic rings. The molecule has 0 aromatic heterocycles. The summed E-state index contributed by atoms with van der Waals surface area (Å²) in [5, 5.41) is 23.4. The van der Waals surface area contributed by atoms with Crippen molar-refractivity contribution in [1.82, 2.24) is 5.32 Å². The highest BCUT2D eigenvalue weighted by Gasteiger charge is 2.54. The van der Waals surface area contributed by atoms with Crippen LogP contribution >= 0.6 is 0 Å². The Morgan fingerprint density at radius 3 is 2.17 bits per heavy atom. The molecule has 0 bridgehead atoms. The summed E-state index contributed by atoms with van der Waals surface area (Å²) in [6.07, 6.45) is -1.31. The summed E-state index contributed by atoms with van der Waals surface area (Å²) in [4.78, 5) is 51.6. The third-order valence-corrected chi connectivity index (χ3v) is 8.76. The highest BCUT2D eigenvalue weighted by molar-refractivity contribution is 7.92. The Labute approximate surface area is 264 Å². The largest absolute Gasteiger partial charge is 0.474 e. The number of oxime groups is 1. The van der Waals surface area contributed by atoms with Crippen LogP contribution in [0.4, 0.5) is 0 Å². The monoisotopic (exact) mass is 654 g/mol. The average Bonchev–Trinajstić information content (AvgIpc) is 3.44. The van der Waals surface area contributed by atoms with Crippen LogP contribution in [0.3, 0.4) is 0 Å². The number of aliphatic hydroxyl groups excluding tert-OH is 1. The molecule has 0 aliphatic carbocycles. The smallest absolute Gasteiger partial charge is 0.422 e. The van der Waals surface area contributed by atoms with Gasteiger partial charge in [0, 0.05) is 12.5 Å². The van der Waals surface area contributed by atoms with Crippen molar-refractivity contribution in [3.05, 3.63) is 95.4 Å². The minimum absolute atomic E-state index is 0.0801. The third kappa shape index (κ3) is 8.95. The van der Waals surface area contributed by atoms with Gasteiger partial charge in [0.2, 0.25) is 15.0 Å². The Morgan fingerprint density at radius 1 is 0.913 bits per heavy atom. The fourth-order valence-electron chi connectivity index (χ4n) is 4.55. The fraction of sp³-hybridized carbons (Fsp3) is 0.290. The SMILES string of the molecule is O=C(O)C(=O)N[C@H](Cc1ccc(-c2ccccc2)cc1)C[C@@H](O)C(=O)OCCCCOC1=NO[N+](=O)C1S(=O)(=O)c1ccccc1. The molecule has 15 heteroatoms. The van der Waals surface area contributed by atoms with E-state index in [1.807, 2.05) is 54.6 Å². The molecule has 0 radical (unpaired) electrons. The normalized spacial score (nSPS) is 15.6. The number of hydrogen-bond acceptors (Lipinski definition) is 11. The van der Waals surface area contributed by atoms with E-state index in [9.17, 15) is 32.8 Å². The summed E-state index contributed by atoms with van der Waals surface area (Å²) in [5.41, 5.74) is 2.70. The number of carboxylic acid groups (broad SMARTS) is 1. The van der Waals surface area contributed by atoms with Crippen molar-refractivity contribution < 1.29 is 52.3 Å². The number of unbranched alkanes of at least 4 members (excludes halogenated alkanes) is 1. The molecular formula is C31H32N3O11S+. The third-order valence-electron chi connectivity index (χ3n) is 6.87. The van der Waals surface area contributed by atoms with E-state index in [1.165, 1.54) is 24.3 Å². The van der Waals surface area contributed by atoms with Crippen molar-refractivity contribution >= 4 is 33.6 Å². The van der Waals surface area contributed by atoms with Crippen LogP contribution in [0.2, 0.25) is 0 Å². The summed E-state index contributed by atoms with van der Waals surface area (Å²) in [6.45, 7) is -0.210. The lowest BCUT2D eigenvalue weighted by molar-refractivity contribution is -0.796. The van der Waals surface area contributed by atoms with Gasteiger partial charge in [-0.25, -0.2) is 18.0 Å². The summed E-state index contributed by atoms with van der Waals surface area (Å²) >= 11 is 0. The van der Waals surface area contributed by atoms with Crippen molar-refractivity contribution in [1.29, 1.82) is 0 Å². The molecule has 0 saturated heterocycles. The van der Waals surface area contributed by atoms with E-state index >= 15 is 0 Å². The van der Waals surface area contributed by atoms with Crippen molar-refractivity contribution in [2.24, 2.45) is 5.16 Å². The van der Waals surface area contributed by atoms with E-state index in [2.05, 4.69) is 15.4 Å². The lowest BCUT2D eigenvalue weighted by Crippen LogP contribution is -2.43. The Bertz CT molecular complexity index is 1660. The van der Waals surface area contributed by atoms with Crippen LogP contribution in [0.25, 0.3) is 11.1 Å². The van der Waals surface area contributed by atoms with Crippen molar-refractivity contribution in [3.8, 4) is 11.1 Å². The van der Waals surface area contributed by atoms with Gasteiger partial charge in [-0.2, -0.15) is 0 Å². The van der Waals surface area contributed by atoms with Crippen LogP contribution in [0.5, 0.6) is 0 Å². The fourth-order valence-corrected chi connectivity index (χ4v) is 5.98. The number of nitrogens with one attached hydrogen (secondary N) is 1. The Kier molecular flexibility index (Phi) is 11.5. The van der Waals surface area contributed by atoms with Gasteiger partial charge in [0.1, 0.15) is 0 Å². The number of esters is 1. The predicted molar refractivity (Wildman–Crippen MR) is 161 cm³/mol. The van der Waals surface area contributed by atoms with Crippen LogP contribution in [0.1, 0.15) is 24.8 Å². The molecule has 3 atom stereocenters. The lowest BCUT2D eigenvalue weighted by atomic mass is 9.98. The number of hydrogen-bond donors (Lipinski definition) is 3. The standard InChI is InChI=1S/C31H31N3O11S/c35-26(20-24(32-27(36)30(37)38)19-21-13-15-23(16-14-21)22-9-3-1-4-10-22)31(39)44-18-8-7-17-43-28-29(34(40)45-33-28)46(41,42)25-11-5-2-6-12-25/h1-6,9-16,24,26,29,35H,7-8,17-20H2,(H-,32,36,37,38)/p+1/t24-,26-,29?/m1/s1. The topological polar surface area (TPSA) is 198 Å². The number of aliphatic carboxylic acids is 1. The summed E-state index contributed by atoms with van der Waals surface area (Å²) in [5.74, 6) is -4.39. The number of benzene rings is 3. The molecule has 1 amide bonds. The minimum Gasteiger partial charge on any atom is -0.474 e. The molecule has 3 N–H and O–H groups in total. The van der Waals surface area contributed by atoms with Gasteiger partial charge in [-0.1, -0.05) is 72.8 Å². The van der Waals surface area contributed by atoms with Crippen LogP contribution in [0.15, 0.2) is 95.0 Å². The van der Waals surface area contributed by atoms with Crippen LogP contribution in [-0.2, 0) is 45.1 Å². The van der Waals surface area contributed by atoms with Gasteiger partial charge in [-0.15, -0.1) is 0 Å². The zero-order chi connectivity index (χ0) is 33.1. The first kappa shape index (κ1) is 33.7. The molecule has 14 nitrogen and oxygen atoms in total. The molecular weight excluding hydrogens is 622 g/mol. The van der Waals surface area contributed by atoms with Crippen molar-refractivity contribution in [2.45, 2.75) is 48.1 Å². The van der Waals surface area contributed by atoms with Gasteiger partial charge in [-0.05, 0) is 57.9 Å². The summed E-state index contributed by atoms with van der Waals surface area (Å²) < 4.78 is 36.2. The maximum absolute atomic E-state index is 12.9. The van der Waals surface area contributed by atoms with Crippen LogP contribution in [0, 0.1) is 4.91 Å². The van der Waals surface area contributed by atoms with E-state index in [0.29, 0.717) is 0 Å². The summed E-state index contributed by atoms with van der Waals surface area (Å²) in [7, 11) is -4.18. The summed E-state index contributed by atoms with van der Waals surface area (Å²) in [6, 6.07) is 23.4. The first-order valence-corrected chi connectivity index (χ1v) is 15.8. The molecule has 46 heavy (non-hydrogen) atoms. The number of carbonyl (C=O) groups excluding carboxylic acids is 2. The predicted octanol–water partition coefficient (Wildman–Crippen LogP) is 2.39. The highest BCUT2D eigenvalue weighted by atomic mass is 32.2. The van der Waals surface area contributed by atoms with Crippen LogP contribution in [-0.4, -0.2) is 78.0 Å². The Hall–Kier alpha value is -5.15. The number of carboxylic acids is 1. The molecule has 3 aromatic carbocycles. The lowest BCUT2D eigenvalue weighted by Gasteiger charge is -2.20. The first-order chi connectivity index (χ1) is 22.1. The van der Waals surface area contributed by atoms with Crippen molar-refractivity contribution in [3.63, 3.8) is 0 Å². The molecule has 1 aliphatic heterocycles. The van der Waals surface area contributed by atoms with Crippen LogP contribution < -0.4 is 5.32 Å². The highest BCUT2D eigenvalue weighted by Crippen LogP contribution is 2.23. The maximum Gasteiger partial charge on any atom is 0.422 e. The second kappa shape index (κ2) is 15.7. The molecule has 1 unspecified atom stereocenters. The van der Waals surface area contributed by atoms with E-state index in [1.54, 1.807) is 6.07 Å². The zero-order valence-electron chi connectivity index (χ0n) is 24.4. The molecule has 0 saturated carbocycles. The average molecular weight is 655 g/mol. The molecule has 0 spiro atoms. The zero-order valence-corrected chi connectivity index (χ0v) is 25.2. The van der Waals surface area contributed by atoms with E-state index in [0.717, 1.165) is 16.7 Å². The number of sulfone groups is 1. The Balaban J connectivity index is 1.23. The number of carbonyl (C=O) groups is 3. The molecule has 1 aliphatic rings. The molecule has 4 rings (SSSR count). The molecule has 242 valence electrons. The minimum atomic E-state index is -4.18. The van der Waals surface area contributed by atoms with Crippen molar-refractivity contribution in [2.75, 3.05) is 13.2 Å². The first-order valence-electron chi connectivity index (χ1n) is 14.2. The van der Waals surface area contributed by atoms with E-state index in [-0.39, 0.29) is 48.7 Å². The van der Waals surface area contributed by atoms with E-state index < -0.39 is 51.1 Å². The maximum atomic E-state index is 12.9. The molecule has 0 fully saturated rings. The van der Waals surface area contributed by atoms with Gasteiger partial charge in [0.15, 0.2) is 11.0 Å².